The number of carbonyl (C=O) groups excluding carboxylic acids is 2. The van der Waals surface area contributed by atoms with Crippen molar-refractivity contribution in [2.45, 2.75) is 26.4 Å². The smallest absolute Gasteiger partial charge is 0.293 e. The monoisotopic (exact) mass is 470 g/mol. The maximum atomic E-state index is 14.1. The number of benzene rings is 3. The van der Waals surface area contributed by atoms with E-state index in [1.807, 2.05) is 36.5 Å². The molecule has 0 spiro atoms. The number of rotatable bonds is 6. The Morgan fingerprint density at radius 1 is 0.882 bits per heavy atom. The lowest BCUT2D eigenvalue weighted by atomic mass is 10.1. The zero-order chi connectivity index (χ0) is 23.7. The molecule has 0 atom stereocenters. The van der Waals surface area contributed by atoms with Crippen molar-refractivity contribution in [3.63, 3.8) is 0 Å². The normalized spacial score (nSPS) is 15.1. The predicted molar refractivity (Wildman–Crippen MR) is 135 cm³/mol. The second-order valence-corrected chi connectivity index (χ2v) is 9.22. The summed E-state index contributed by atoms with van der Waals surface area (Å²) >= 11 is 0.900. The Morgan fingerprint density at radius 2 is 1.62 bits per heavy atom. The van der Waals surface area contributed by atoms with Crippen molar-refractivity contribution >= 4 is 39.9 Å². The van der Waals surface area contributed by atoms with Crippen molar-refractivity contribution in [1.29, 1.82) is 0 Å². The number of hydrogen-bond acceptors (Lipinski definition) is 3. The van der Waals surface area contributed by atoms with Crippen LogP contribution in [0.3, 0.4) is 0 Å². The standard InChI is InChI=1S/C28H23FN2O2S/c1-2-20-12-8-13-23-22(17-30(26(20)23)16-19-9-4-3-5-10-19)15-25-27(32)31(28(33)34-25)18-21-11-6-7-14-24(21)29/h3-15,17H,2,16,18H2,1H3/b25-15-. The van der Waals surface area contributed by atoms with Crippen LogP contribution < -0.4 is 0 Å². The van der Waals surface area contributed by atoms with Gasteiger partial charge in [-0.1, -0.05) is 73.7 Å². The van der Waals surface area contributed by atoms with Gasteiger partial charge in [-0.05, 0) is 41.5 Å². The van der Waals surface area contributed by atoms with Gasteiger partial charge in [0.05, 0.1) is 17.0 Å². The van der Waals surface area contributed by atoms with E-state index < -0.39 is 11.7 Å². The minimum absolute atomic E-state index is 0.0789. The van der Waals surface area contributed by atoms with Crippen molar-refractivity contribution < 1.29 is 14.0 Å². The maximum absolute atomic E-state index is 14.1. The molecule has 170 valence electrons. The molecule has 4 aromatic rings. The average molecular weight is 471 g/mol. The first-order valence-electron chi connectivity index (χ1n) is 11.2. The summed E-state index contributed by atoms with van der Waals surface area (Å²) < 4.78 is 16.3. The Kier molecular flexibility index (Phi) is 6.07. The third-order valence-corrected chi connectivity index (χ3v) is 6.94. The summed E-state index contributed by atoms with van der Waals surface area (Å²) in [5.74, 6) is -0.824. The van der Waals surface area contributed by atoms with Crippen LogP contribution in [0.5, 0.6) is 0 Å². The fourth-order valence-electron chi connectivity index (χ4n) is 4.35. The number of para-hydroxylation sites is 1. The molecule has 3 aromatic carbocycles. The quantitative estimate of drug-likeness (QED) is 0.297. The molecular weight excluding hydrogens is 447 g/mol. The van der Waals surface area contributed by atoms with Gasteiger partial charge in [0.15, 0.2) is 0 Å². The van der Waals surface area contributed by atoms with Crippen LogP contribution in [0.2, 0.25) is 0 Å². The Labute approximate surface area is 201 Å². The summed E-state index contributed by atoms with van der Waals surface area (Å²) in [5, 5.41) is 0.651. The summed E-state index contributed by atoms with van der Waals surface area (Å²) in [5.41, 5.74) is 4.74. The number of aryl methyl sites for hydroxylation is 1. The van der Waals surface area contributed by atoms with E-state index in [0.717, 1.165) is 39.5 Å². The predicted octanol–water partition coefficient (Wildman–Crippen LogP) is 6.63. The van der Waals surface area contributed by atoms with E-state index in [1.54, 1.807) is 24.3 Å². The molecule has 0 aliphatic carbocycles. The first-order valence-corrected chi connectivity index (χ1v) is 12.0. The second kappa shape index (κ2) is 9.31. The van der Waals surface area contributed by atoms with Gasteiger partial charge in [-0.25, -0.2) is 4.39 Å². The number of thioether (sulfide) groups is 1. The molecule has 0 radical (unpaired) electrons. The van der Waals surface area contributed by atoms with Crippen LogP contribution in [0, 0.1) is 5.82 Å². The second-order valence-electron chi connectivity index (χ2n) is 8.22. The Bertz CT molecular complexity index is 1430. The van der Waals surface area contributed by atoms with Crippen LogP contribution in [0.15, 0.2) is 83.9 Å². The summed E-state index contributed by atoms with van der Waals surface area (Å²) in [4.78, 5) is 27.1. The number of amides is 2. The largest absolute Gasteiger partial charge is 0.342 e. The molecule has 1 aromatic heterocycles. The van der Waals surface area contributed by atoms with E-state index in [9.17, 15) is 14.0 Å². The van der Waals surface area contributed by atoms with Crippen molar-refractivity contribution in [1.82, 2.24) is 9.47 Å². The van der Waals surface area contributed by atoms with E-state index >= 15 is 0 Å². The average Bonchev–Trinajstić information content (AvgIpc) is 3.33. The lowest BCUT2D eigenvalue weighted by Crippen LogP contribution is -2.27. The number of aromatic nitrogens is 1. The molecule has 0 bridgehead atoms. The first-order chi connectivity index (χ1) is 16.5. The Hall–Kier alpha value is -3.64. The molecule has 6 heteroatoms. The molecule has 2 amide bonds. The number of hydrogen-bond donors (Lipinski definition) is 0. The Morgan fingerprint density at radius 3 is 2.38 bits per heavy atom. The summed E-state index contributed by atoms with van der Waals surface area (Å²) in [7, 11) is 0. The lowest BCUT2D eigenvalue weighted by Gasteiger charge is -2.12. The van der Waals surface area contributed by atoms with Gasteiger partial charge in [-0.3, -0.25) is 14.5 Å². The molecule has 1 aliphatic rings. The minimum Gasteiger partial charge on any atom is -0.342 e. The summed E-state index contributed by atoms with van der Waals surface area (Å²) in [6.07, 6.45) is 4.71. The number of fused-ring (bicyclic) bond motifs is 1. The highest BCUT2D eigenvalue weighted by Gasteiger charge is 2.35. The highest BCUT2D eigenvalue weighted by atomic mass is 32.2. The fraction of sp³-hybridized carbons (Fsp3) is 0.143. The molecule has 0 saturated carbocycles. The van der Waals surface area contributed by atoms with E-state index in [1.165, 1.54) is 17.2 Å². The van der Waals surface area contributed by atoms with E-state index in [0.29, 0.717) is 17.0 Å². The fourth-order valence-corrected chi connectivity index (χ4v) is 5.17. The number of imide groups is 1. The summed E-state index contributed by atoms with van der Waals surface area (Å²) in [6.45, 7) is 2.75. The number of carbonyl (C=O) groups is 2. The van der Waals surface area contributed by atoms with Gasteiger partial charge in [-0.15, -0.1) is 0 Å². The van der Waals surface area contributed by atoms with E-state index in [4.69, 9.17) is 0 Å². The van der Waals surface area contributed by atoms with Crippen LogP contribution in [-0.4, -0.2) is 20.6 Å². The van der Waals surface area contributed by atoms with Gasteiger partial charge in [0.1, 0.15) is 5.82 Å². The zero-order valence-electron chi connectivity index (χ0n) is 18.7. The topological polar surface area (TPSA) is 42.3 Å². The van der Waals surface area contributed by atoms with E-state index in [2.05, 4.69) is 29.7 Å². The molecule has 2 heterocycles. The van der Waals surface area contributed by atoms with Gasteiger partial charge in [0, 0.05) is 29.3 Å². The summed E-state index contributed by atoms with van der Waals surface area (Å²) in [6, 6.07) is 22.6. The van der Waals surface area contributed by atoms with E-state index in [-0.39, 0.29) is 11.8 Å². The van der Waals surface area contributed by atoms with Gasteiger partial charge in [0.25, 0.3) is 11.1 Å². The van der Waals surface area contributed by atoms with Crippen LogP contribution in [0.25, 0.3) is 17.0 Å². The highest BCUT2D eigenvalue weighted by molar-refractivity contribution is 8.18. The molecule has 5 rings (SSSR count). The van der Waals surface area contributed by atoms with Gasteiger partial charge >= 0.3 is 0 Å². The third-order valence-electron chi connectivity index (χ3n) is 6.04. The Balaban J connectivity index is 1.52. The molecule has 0 unspecified atom stereocenters. The molecule has 1 saturated heterocycles. The van der Waals surface area contributed by atoms with Crippen molar-refractivity contribution in [2.24, 2.45) is 0 Å². The van der Waals surface area contributed by atoms with Crippen LogP contribution >= 0.6 is 11.8 Å². The molecule has 34 heavy (non-hydrogen) atoms. The van der Waals surface area contributed by atoms with Crippen LogP contribution in [0.4, 0.5) is 9.18 Å². The molecule has 1 aliphatic heterocycles. The van der Waals surface area contributed by atoms with Crippen molar-refractivity contribution in [2.75, 3.05) is 0 Å². The van der Waals surface area contributed by atoms with Gasteiger partial charge in [-0.2, -0.15) is 0 Å². The van der Waals surface area contributed by atoms with Crippen LogP contribution in [0.1, 0.15) is 29.2 Å². The van der Waals surface area contributed by atoms with Crippen molar-refractivity contribution in [3.05, 3.63) is 112 Å². The third kappa shape index (κ3) is 4.17. The molecule has 0 N–H and O–H groups in total. The minimum atomic E-state index is -0.429. The zero-order valence-corrected chi connectivity index (χ0v) is 19.5. The number of halogens is 1. The lowest BCUT2D eigenvalue weighted by molar-refractivity contribution is -0.123. The van der Waals surface area contributed by atoms with Crippen LogP contribution in [-0.2, 0) is 24.3 Å². The molecule has 4 nitrogen and oxygen atoms in total. The number of nitrogens with zero attached hydrogens (tertiary/aromatic N) is 2. The maximum Gasteiger partial charge on any atom is 0.293 e. The highest BCUT2D eigenvalue weighted by Crippen LogP contribution is 2.36. The molecular formula is C28H23FN2O2S. The first kappa shape index (κ1) is 22.2. The SMILES string of the molecule is CCc1cccc2c(/C=C3\SC(=O)N(Cc4ccccc4F)C3=O)cn(Cc3ccccc3)c12. The van der Waals surface area contributed by atoms with Gasteiger partial charge < -0.3 is 4.57 Å². The van der Waals surface area contributed by atoms with Gasteiger partial charge in [0.2, 0.25) is 0 Å². The van der Waals surface area contributed by atoms with Crippen molar-refractivity contribution in [3.8, 4) is 0 Å². The molecule has 1 fully saturated rings.